The van der Waals surface area contributed by atoms with Crippen LogP contribution in [0, 0.1) is 0 Å². The van der Waals surface area contributed by atoms with Crippen LogP contribution in [0.1, 0.15) is 11.5 Å². The number of pyridine rings is 1. The number of hydrogen-bond donors (Lipinski definition) is 1. The molecule has 0 saturated carbocycles. The maximum Gasteiger partial charge on any atom is 0.135 e. The minimum absolute atomic E-state index is 0. The van der Waals surface area contributed by atoms with Crippen molar-refractivity contribution in [1.29, 1.82) is 0 Å². The number of nitrogens with one attached hydrogen (secondary N) is 1. The van der Waals surface area contributed by atoms with E-state index in [1.54, 1.807) is 24.4 Å². The summed E-state index contributed by atoms with van der Waals surface area (Å²) < 4.78 is 5.82. The number of furan rings is 1. The molecule has 0 atom stereocenters. The molecule has 120 valence electrons. The second-order valence-corrected chi connectivity index (χ2v) is 5.66. The van der Waals surface area contributed by atoms with Crippen molar-refractivity contribution in [3.63, 3.8) is 0 Å². The molecule has 1 aromatic carbocycles. The number of halogens is 3. The van der Waals surface area contributed by atoms with Crippen molar-refractivity contribution < 1.29 is 4.42 Å². The molecule has 0 amide bonds. The number of rotatable bonds is 5. The predicted molar refractivity (Wildman–Crippen MR) is 96.2 cm³/mol. The van der Waals surface area contributed by atoms with Gasteiger partial charge in [0.15, 0.2) is 0 Å². The summed E-state index contributed by atoms with van der Waals surface area (Å²) in [5, 5.41) is 4.54. The summed E-state index contributed by atoms with van der Waals surface area (Å²) in [6.07, 6.45) is 1.78. The van der Waals surface area contributed by atoms with Crippen LogP contribution in [0.2, 0.25) is 10.0 Å². The lowest BCUT2D eigenvalue weighted by molar-refractivity contribution is 0.492. The Morgan fingerprint density at radius 2 is 1.87 bits per heavy atom. The van der Waals surface area contributed by atoms with Crippen molar-refractivity contribution >= 4 is 35.6 Å². The lowest BCUT2D eigenvalue weighted by atomic mass is 10.2. The average Bonchev–Trinajstić information content (AvgIpc) is 2.99. The fourth-order valence-electron chi connectivity index (χ4n) is 2.12. The molecule has 0 unspecified atom stereocenters. The number of benzene rings is 1. The van der Waals surface area contributed by atoms with E-state index >= 15 is 0 Å². The van der Waals surface area contributed by atoms with Crippen LogP contribution in [-0.2, 0) is 13.1 Å². The zero-order valence-electron chi connectivity index (χ0n) is 12.1. The van der Waals surface area contributed by atoms with Crippen molar-refractivity contribution in [1.82, 2.24) is 10.3 Å². The Labute approximate surface area is 151 Å². The Morgan fingerprint density at radius 1 is 1.00 bits per heavy atom. The highest BCUT2D eigenvalue weighted by molar-refractivity contribution is 6.35. The molecule has 0 bridgehead atoms. The van der Waals surface area contributed by atoms with Gasteiger partial charge in [-0.05, 0) is 42.5 Å². The van der Waals surface area contributed by atoms with Gasteiger partial charge in [-0.25, -0.2) is 0 Å². The average molecular weight is 370 g/mol. The highest BCUT2D eigenvalue weighted by Crippen LogP contribution is 2.31. The number of aromatic nitrogens is 1. The first-order valence-corrected chi connectivity index (χ1v) is 7.63. The van der Waals surface area contributed by atoms with Gasteiger partial charge in [0, 0.05) is 23.3 Å². The second-order valence-electron chi connectivity index (χ2n) is 4.81. The van der Waals surface area contributed by atoms with Gasteiger partial charge < -0.3 is 9.73 Å². The topological polar surface area (TPSA) is 38.1 Å². The van der Waals surface area contributed by atoms with Crippen LogP contribution in [0.4, 0.5) is 0 Å². The van der Waals surface area contributed by atoms with Crippen LogP contribution >= 0.6 is 35.6 Å². The van der Waals surface area contributed by atoms with Gasteiger partial charge in [0.2, 0.25) is 0 Å². The maximum atomic E-state index is 6.18. The van der Waals surface area contributed by atoms with Crippen molar-refractivity contribution in [2.24, 2.45) is 0 Å². The SMILES string of the molecule is Cl.Clc1ccc(Cl)c(-c2ccc(CNCc3ccccn3)o2)c1. The summed E-state index contributed by atoms with van der Waals surface area (Å²) in [5.74, 6) is 1.55. The third-order valence-corrected chi connectivity index (χ3v) is 3.75. The smallest absolute Gasteiger partial charge is 0.135 e. The molecular weight excluding hydrogens is 355 g/mol. The van der Waals surface area contributed by atoms with Crippen LogP contribution in [0.5, 0.6) is 0 Å². The van der Waals surface area contributed by atoms with E-state index in [2.05, 4.69) is 10.3 Å². The fraction of sp³-hybridized carbons (Fsp3) is 0.118. The first-order valence-electron chi connectivity index (χ1n) is 6.87. The summed E-state index contributed by atoms with van der Waals surface area (Å²) in [5.41, 5.74) is 1.79. The van der Waals surface area contributed by atoms with E-state index in [0.29, 0.717) is 28.9 Å². The van der Waals surface area contributed by atoms with E-state index in [1.807, 2.05) is 30.3 Å². The van der Waals surface area contributed by atoms with E-state index in [4.69, 9.17) is 27.6 Å². The van der Waals surface area contributed by atoms with Crippen molar-refractivity contribution in [2.75, 3.05) is 0 Å². The van der Waals surface area contributed by atoms with Crippen LogP contribution in [-0.4, -0.2) is 4.98 Å². The molecule has 0 aliphatic carbocycles. The Morgan fingerprint density at radius 3 is 2.65 bits per heavy atom. The van der Waals surface area contributed by atoms with Crippen molar-refractivity contribution in [3.8, 4) is 11.3 Å². The molecule has 0 aliphatic rings. The predicted octanol–water partition coefficient (Wildman–Crippen LogP) is 5.36. The van der Waals surface area contributed by atoms with Crippen LogP contribution in [0.3, 0.4) is 0 Å². The highest BCUT2D eigenvalue weighted by Gasteiger charge is 2.09. The van der Waals surface area contributed by atoms with Gasteiger partial charge in [-0.2, -0.15) is 0 Å². The quantitative estimate of drug-likeness (QED) is 0.658. The second kappa shape index (κ2) is 8.37. The first kappa shape index (κ1) is 17.8. The number of hydrogen-bond acceptors (Lipinski definition) is 3. The molecule has 0 radical (unpaired) electrons. The summed E-state index contributed by atoms with van der Waals surface area (Å²) in [6, 6.07) is 15.0. The summed E-state index contributed by atoms with van der Waals surface area (Å²) in [4.78, 5) is 4.26. The minimum atomic E-state index is 0. The molecule has 6 heteroatoms. The molecule has 0 saturated heterocycles. The lowest BCUT2D eigenvalue weighted by Gasteiger charge is -2.03. The van der Waals surface area contributed by atoms with E-state index < -0.39 is 0 Å². The van der Waals surface area contributed by atoms with Gasteiger partial charge in [0.25, 0.3) is 0 Å². The van der Waals surface area contributed by atoms with E-state index in [1.165, 1.54) is 0 Å². The summed E-state index contributed by atoms with van der Waals surface area (Å²) in [7, 11) is 0. The largest absolute Gasteiger partial charge is 0.460 e. The van der Waals surface area contributed by atoms with Gasteiger partial charge in [-0.3, -0.25) is 4.98 Å². The minimum Gasteiger partial charge on any atom is -0.460 e. The molecule has 0 spiro atoms. The molecule has 1 N–H and O–H groups in total. The normalized spacial score (nSPS) is 10.3. The Balaban J connectivity index is 0.00000192. The molecule has 3 aromatic rings. The van der Waals surface area contributed by atoms with Gasteiger partial charge >= 0.3 is 0 Å². The molecule has 0 fully saturated rings. The molecule has 3 rings (SSSR count). The Hall–Kier alpha value is -1.52. The van der Waals surface area contributed by atoms with Crippen molar-refractivity contribution in [3.05, 3.63) is 76.2 Å². The van der Waals surface area contributed by atoms with Gasteiger partial charge in [-0.1, -0.05) is 29.3 Å². The third kappa shape index (κ3) is 4.72. The van der Waals surface area contributed by atoms with Crippen LogP contribution in [0.25, 0.3) is 11.3 Å². The number of nitrogens with zero attached hydrogens (tertiary/aromatic N) is 1. The van der Waals surface area contributed by atoms with E-state index in [-0.39, 0.29) is 12.4 Å². The van der Waals surface area contributed by atoms with Gasteiger partial charge in [0.1, 0.15) is 11.5 Å². The lowest BCUT2D eigenvalue weighted by Crippen LogP contribution is -2.12. The Kier molecular flexibility index (Phi) is 6.48. The molecular formula is C17H15Cl3N2O. The van der Waals surface area contributed by atoms with Crippen molar-refractivity contribution in [2.45, 2.75) is 13.1 Å². The molecule has 2 aromatic heterocycles. The summed E-state index contributed by atoms with van der Waals surface area (Å²) in [6.45, 7) is 1.31. The highest BCUT2D eigenvalue weighted by atomic mass is 35.5. The molecule has 23 heavy (non-hydrogen) atoms. The fourth-order valence-corrected chi connectivity index (χ4v) is 2.50. The van der Waals surface area contributed by atoms with Gasteiger partial charge in [-0.15, -0.1) is 12.4 Å². The van der Waals surface area contributed by atoms with Crippen LogP contribution < -0.4 is 5.32 Å². The Bertz CT molecular complexity index is 760. The standard InChI is InChI=1S/C17H14Cl2N2O.ClH/c18-12-4-6-16(19)15(9-12)17-7-5-14(22-17)11-20-10-13-3-1-2-8-21-13;/h1-9,20H,10-11H2;1H. The molecule has 3 nitrogen and oxygen atoms in total. The maximum absolute atomic E-state index is 6.18. The zero-order valence-corrected chi connectivity index (χ0v) is 14.5. The van der Waals surface area contributed by atoms with E-state index in [9.17, 15) is 0 Å². The van der Waals surface area contributed by atoms with Crippen LogP contribution in [0.15, 0.2) is 59.1 Å². The van der Waals surface area contributed by atoms with E-state index in [0.717, 1.165) is 17.0 Å². The third-order valence-electron chi connectivity index (χ3n) is 3.19. The zero-order chi connectivity index (χ0) is 15.4. The molecule has 2 heterocycles. The molecule has 0 aliphatic heterocycles. The van der Waals surface area contributed by atoms with Gasteiger partial charge in [0.05, 0.1) is 17.3 Å². The first-order chi connectivity index (χ1) is 10.7. The summed E-state index contributed by atoms with van der Waals surface area (Å²) >= 11 is 12.2. The monoisotopic (exact) mass is 368 g/mol.